The van der Waals surface area contributed by atoms with Gasteiger partial charge in [-0.1, -0.05) is 11.6 Å². The Morgan fingerprint density at radius 1 is 1.29 bits per heavy atom. The lowest BCUT2D eigenvalue weighted by Gasteiger charge is -2.27. The SMILES string of the molecule is CC(C)(C)OC(=O)N1CCCC1C(=O)NNC(=O)c1cc2cc(Cl)ncc2[nH]1. The third-order valence-corrected chi connectivity index (χ3v) is 4.41. The van der Waals surface area contributed by atoms with E-state index in [-0.39, 0.29) is 5.69 Å². The number of aromatic nitrogens is 2. The van der Waals surface area contributed by atoms with Gasteiger partial charge in [0.2, 0.25) is 0 Å². The first-order chi connectivity index (χ1) is 13.1. The lowest BCUT2D eigenvalue weighted by Crippen LogP contribution is -2.52. The maximum absolute atomic E-state index is 12.5. The number of nitrogens with one attached hydrogen (secondary N) is 3. The molecule has 0 aliphatic carbocycles. The Hall–Kier alpha value is -2.81. The van der Waals surface area contributed by atoms with E-state index < -0.39 is 29.6 Å². The van der Waals surface area contributed by atoms with E-state index in [4.69, 9.17) is 16.3 Å². The van der Waals surface area contributed by atoms with Gasteiger partial charge in [0.15, 0.2) is 0 Å². The number of hydrogen-bond donors (Lipinski definition) is 3. The fraction of sp³-hybridized carbons (Fsp3) is 0.444. The zero-order valence-electron chi connectivity index (χ0n) is 15.8. The first-order valence-corrected chi connectivity index (χ1v) is 9.26. The Morgan fingerprint density at radius 3 is 2.75 bits per heavy atom. The summed E-state index contributed by atoms with van der Waals surface area (Å²) in [7, 11) is 0. The van der Waals surface area contributed by atoms with E-state index in [0.29, 0.717) is 30.1 Å². The third kappa shape index (κ3) is 4.53. The number of carbonyl (C=O) groups is 3. The van der Waals surface area contributed by atoms with Crippen molar-refractivity contribution in [3.05, 3.63) is 29.2 Å². The van der Waals surface area contributed by atoms with E-state index in [0.717, 1.165) is 5.39 Å². The highest BCUT2D eigenvalue weighted by molar-refractivity contribution is 6.30. The third-order valence-electron chi connectivity index (χ3n) is 4.20. The Bertz CT molecular complexity index is 920. The molecular formula is C18H22ClN5O4. The van der Waals surface area contributed by atoms with Crippen molar-refractivity contribution in [2.24, 2.45) is 0 Å². The summed E-state index contributed by atoms with van der Waals surface area (Å²) in [5.74, 6) is -1.000. The molecule has 1 aliphatic heterocycles. The van der Waals surface area contributed by atoms with Crippen LogP contribution in [0.25, 0.3) is 10.9 Å². The predicted octanol–water partition coefficient (Wildman–Crippen LogP) is 2.38. The summed E-state index contributed by atoms with van der Waals surface area (Å²) in [4.78, 5) is 45.3. The molecule has 0 bridgehead atoms. The molecule has 1 atom stereocenters. The molecule has 3 rings (SSSR count). The van der Waals surface area contributed by atoms with E-state index in [1.165, 1.54) is 11.1 Å². The number of nitrogens with zero attached hydrogens (tertiary/aromatic N) is 2. The van der Waals surface area contributed by atoms with Crippen LogP contribution in [0, 0.1) is 0 Å². The van der Waals surface area contributed by atoms with Gasteiger partial charge in [-0.05, 0) is 45.7 Å². The van der Waals surface area contributed by atoms with Crippen LogP contribution in [0.1, 0.15) is 44.1 Å². The first kappa shape index (κ1) is 19.9. The van der Waals surface area contributed by atoms with Crippen molar-refractivity contribution >= 4 is 40.4 Å². The molecule has 2 aromatic rings. The molecule has 10 heteroatoms. The Balaban J connectivity index is 1.60. The average Bonchev–Trinajstić information content (AvgIpc) is 3.24. The second-order valence-corrected chi connectivity index (χ2v) is 7.94. The number of pyridine rings is 1. The van der Waals surface area contributed by atoms with Gasteiger partial charge in [0, 0.05) is 11.9 Å². The van der Waals surface area contributed by atoms with Crippen molar-refractivity contribution in [2.75, 3.05) is 6.54 Å². The van der Waals surface area contributed by atoms with Crippen molar-refractivity contribution in [1.29, 1.82) is 0 Å². The number of likely N-dealkylation sites (tertiary alicyclic amines) is 1. The molecule has 3 amide bonds. The molecule has 3 heterocycles. The number of ether oxygens (including phenoxy) is 1. The highest BCUT2D eigenvalue weighted by Gasteiger charge is 2.36. The van der Waals surface area contributed by atoms with E-state index in [1.54, 1.807) is 32.9 Å². The number of fused-ring (bicyclic) bond motifs is 1. The summed E-state index contributed by atoms with van der Waals surface area (Å²) in [6.07, 6.45) is 2.15. The highest BCUT2D eigenvalue weighted by atomic mass is 35.5. The normalized spacial score (nSPS) is 16.9. The van der Waals surface area contributed by atoms with Gasteiger partial charge in [-0.15, -0.1) is 0 Å². The van der Waals surface area contributed by atoms with Crippen LogP contribution in [0.15, 0.2) is 18.3 Å². The topological polar surface area (TPSA) is 116 Å². The number of halogens is 1. The van der Waals surface area contributed by atoms with Gasteiger partial charge in [-0.2, -0.15) is 0 Å². The minimum atomic E-state index is -0.694. The van der Waals surface area contributed by atoms with Crippen LogP contribution in [0.4, 0.5) is 4.79 Å². The van der Waals surface area contributed by atoms with Gasteiger partial charge in [0.25, 0.3) is 11.8 Å². The molecule has 0 saturated carbocycles. The summed E-state index contributed by atoms with van der Waals surface area (Å²) in [5.41, 5.74) is 4.97. The predicted molar refractivity (Wildman–Crippen MR) is 103 cm³/mol. The van der Waals surface area contributed by atoms with Gasteiger partial charge >= 0.3 is 6.09 Å². The monoisotopic (exact) mass is 407 g/mol. The number of carbonyl (C=O) groups excluding carboxylic acids is 3. The van der Waals surface area contributed by atoms with Crippen LogP contribution in [0.2, 0.25) is 5.15 Å². The van der Waals surface area contributed by atoms with Gasteiger partial charge in [0.1, 0.15) is 22.5 Å². The fourth-order valence-electron chi connectivity index (χ4n) is 2.97. The van der Waals surface area contributed by atoms with Gasteiger partial charge in [-0.3, -0.25) is 25.3 Å². The number of amides is 3. The lowest BCUT2D eigenvalue weighted by atomic mass is 10.2. The number of H-pyrrole nitrogens is 1. The number of hydrazine groups is 1. The first-order valence-electron chi connectivity index (χ1n) is 8.88. The van der Waals surface area contributed by atoms with Crippen LogP contribution in [0.3, 0.4) is 0 Å². The smallest absolute Gasteiger partial charge is 0.410 e. The molecule has 1 saturated heterocycles. The minimum Gasteiger partial charge on any atom is -0.444 e. The van der Waals surface area contributed by atoms with Crippen LogP contribution in [0.5, 0.6) is 0 Å². The quantitative estimate of drug-likeness (QED) is 0.522. The Morgan fingerprint density at radius 2 is 2.04 bits per heavy atom. The fourth-order valence-corrected chi connectivity index (χ4v) is 3.14. The van der Waals surface area contributed by atoms with Crippen molar-refractivity contribution in [2.45, 2.75) is 45.3 Å². The van der Waals surface area contributed by atoms with E-state index >= 15 is 0 Å². The largest absolute Gasteiger partial charge is 0.444 e. The summed E-state index contributed by atoms with van der Waals surface area (Å²) >= 11 is 5.84. The summed E-state index contributed by atoms with van der Waals surface area (Å²) in [6, 6.07) is 2.54. The Kier molecular flexibility index (Phi) is 5.46. The van der Waals surface area contributed by atoms with Crippen LogP contribution in [-0.2, 0) is 9.53 Å². The molecule has 1 aliphatic rings. The second kappa shape index (κ2) is 7.67. The highest BCUT2D eigenvalue weighted by Crippen LogP contribution is 2.21. The summed E-state index contributed by atoms with van der Waals surface area (Å²) in [5, 5.41) is 1.04. The average molecular weight is 408 g/mol. The van der Waals surface area contributed by atoms with Crippen LogP contribution < -0.4 is 10.9 Å². The maximum atomic E-state index is 12.5. The molecule has 1 unspecified atom stereocenters. The van der Waals surface area contributed by atoms with Crippen molar-refractivity contribution in [1.82, 2.24) is 25.7 Å². The summed E-state index contributed by atoms with van der Waals surface area (Å²) < 4.78 is 5.34. The van der Waals surface area contributed by atoms with Gasteiger partial charge < -0.3 is 9.72 Å². The van der Waals surface area contributed by atoms with E-state index in [1.807, 2.05) is 0 Å². The minimum absolute atomic E-state index is 0.245. The van der Waals surface area contributed by atoms with E-state index in [2.05, 4.69) is 20.8 Å². The van der Waals surface area contributed by atoms with Crippen LogP contribution >= 0.6 is 11.6 Å². The molecule has 0 aromatic carbocycles. The molecule has 2 aromatic heterocycles. The molecule has 150 valence electrons. The Labute approximate surface area is 166 Å². The summed E-state index contributed by atoms with van der Waals surface area (Å²) in [6.45, 7) is 5.72. The van der Waals surface area contributed by atoms with Gasteiger partial charge in [0.05, 0.1) is 11.7 Å². The number of rotatable bonds is 2. The molecule has 28 heavy (non-hydrogen) atoms. The molecule has 1 fully saturated rings. The molecule has 3 N–H and O–H groups in total. The standard InChI is InChI=1S/C18H22ClN5O4/c1-18(2,3)28-17(27)24-6-4-5-13(24)16(26)23-22-15(25)11-7-10-8-14(19)20-9-12(10)21-11/h7-9,13,21H,4-6H2,1-3H3,(H,22,25)(H,23,26). The van der Waals surface area contributed by atoms with Crippen molar-refractivity contribution in [3.63, 3.8) is 0 Å². The van der Waals surface area contributed by atoms with Gasteiger partial charge in [-0.25, -0.2) is 9.78 Å². The second-order valence-electron chi connectivity index (χ2n) is 7.55. The number of aromatic amines is 1. The number of hydrogen-bond acceptors (Lipinski definition) is 5. The lowest BCUT2D eigenvalue weighted by molar-refractivity contribution is -0.126. The van der Waals surface area contributed by atoms with Crippen LogP contribution in [-0.4, -0.2) is 51.0 Å². The zero-order valence-corrected chi connectivity index (χ0v) is 16.6. The molecular weight excluding hydrogens is 386 g/mol. The zero-order chi connectivity index (χ0) is 20.5. The maximum Gasteiger partial charge on any atom is 0.410 e. The molecule has 0 spiro atoms. The van der Waals surface area contributed by atoms with Crippen molar-refractivity contribution in [3.8, 4) is 0 Å². The van der Waals surface area contributed by atoms with E-state index in [9.17, 15) is 14.4 Å². The molecule has 0 radical (unpaired) electrons. The van der Waals surface area contributed by atoms with Crippen molar-refractivity contribution < 1.29 is 19.1 Å². The molecule has 9 nitrogen and oxygen atoms in total.